The third kappa shape index (κ3) is 7.35. The van der Waals surface area contributed by atoms with Gasteiger partial charge in [0, 0.05) is 35.5 Å². The van der Waals surface area contributed by atoms with Crippen LogP contribution in [0.3, 0.4) is 0 Å². The van der Waals surface area contributed by atoms with Gasteiger partial charge in [-0.1, -0.05) is 30.3 Å². The molecule has 0 unspecified atom stereocenters. The molecule has 1 fully saturated rings. The Morgan fingerprint density at radius 1 is 1.02 bits per heavy atom. The lowest BCUT2D eigenvalue weighted by Gasteiger charge is -2.31. The lowest BCUT2D eigenvalue weighted by atomic mass is 9.94. The number of aliphatic hydroxyl groups is 1. The first-order chi connectivity index (χ1) is 23.8. The second kappa shape index (κ2) is 14.2. The molecule has 0 bridgehead atoms. The SMILES string of the molecule is Cc1cc(OCC2(O)CCSCC2)cc(C)c1-c1cccc(CN(c2ccc3c(CC(=O)[O-])coc3c2)S(=O)(=O)c2ccccc2[N+](=O)[O-])c1. The van der Waals surface area contributed by atoms with Gasteiger partial charge in [0.1, 0.15) is 23.5 Å². The molecule has 0 aliphatic carbocycles. The maximum absolute atomic E-state index is 14.3. The summed E-state index contributed by atoms with van der Waals surface area (Å²) in [6, 6.07) is 21.0. The van der Waals surface area contributed by atoms with Crippen molar-refractivity contribution in [2.75, 3.05) is 22.4 Å². The predicted octanol–water partition coefficient (Wildman–Crippen LogP) is 5.95. The van der Waals surface area contributed by atoms with Crippen LogP contribution in [0.25, 0.3) is 22.1 Å². The van der Waals surface area contributed by atoms with Gasteiger partial charge in [0.15, 0.2) is 4.90 Å². The number of aliphatic carboxylic acids is 1. The number of carboxylic acid groups (broad SMARTS) is 1. The summed E-state index contributed by atoms with van der Waals surface area (Å²) in [5.74, 6) is 1.17. The maximum Gasteiger partial charge on any atom is 0.289 e. The molecular weight excluding hydrogens is 681 g/mol. The van der Waals surface area contributed by atoms with Crippen LogP contribution in [0.2, 0.25) is 0 Å². The number of carbonyl (C=O) groups excluding carboxylic acids is 1. The molecule has 6 rings (SSSR count). The van der Waals surface area contributed by atoms with Crippen LogP contribution in [0.1, 0.15) is 35.1 Å². The third-order valence-corrected chi connectivity index (χ3v) is 11.7. The van der Waals surface area contributed by atoms with Crippen LogP contribution >= 0.6 is 11.8 Å². The van der Waals surface area contributed by atoms with Crippen molar-refractivity contribution < 1.29 is 37.5 Å². The van der Waals surface area contributed by atoms with E-state index in [9.17, 15) is 33.5 Å². The van der Waals surface area contributed by atoms with Gasteiger partial charge in [-0.3, -0.25) is 14.4 Å². The van der Waals surface area contributed by atoms with Crippen molar-refractivity contribution >= 4 is 50.1 Å². The van der Waals surface area contributed by atoms with Gasteiger partial charge < -0.3 is 24.2 Å². The van der Waals surface area contributed by atoms with Crippen molar-refractivity contribution in [3.8, 4) is 16.9 Å². The van der Waals surface area contributed by atoms with Crippen molar-refractivity contribution in [3.05, 3.63) is 117 Å². The van der Waals surface area contributed by atoms with E-state index in [1.807, 2.05) is 55.9 Å². The first-order valence-corrected chi connectivity index (χ1v) is 18.5. The van der Waals surface area contributed by atoms with E-state index in [1.54, 1.807) is 12.1 Å². The van der Waals surface area contributed by atoms with Crippen molar-refractivity contribution in [3.63, 3.8) is 0 Å². The van der Waals surface area contributed by atoms with Crippen molar-refractivity contribution in [1.29, 1.82) is 0 Å². The summed E-state index contributed by atoms with van der Waals surface area (Å²) in [5, 5.41) is 34.5. The van der Waals surface area contributed by atoms with E-state index in [0.717, 1.165) is 44.1 Å². The van der Waals surface area contributed by atoms with Crippen LogP contribution < -0.4 is 14.1 Å². The number of furan rings is 1. The molecule has 4 aromatic carbocycles. The second-order valence-corrected chi connectivity index (χ2v) is 15.5. The molecule has 1 aliphatic rings. The van der Waals surface area contributed by atoms with E-state index in [-0.39, 0.29) is 30.8 Å². The van der Waals surface area contributed by atoms with Gasteiger partial charge in [-0.05, 0) is 102 Å². The summed E-state index contributed by atoms with van der Waals surface area (Å²) in [7, 11) is -4.52. The zero-order valence-electron chi connectivity index (χ0n) is 27.5. The van der Waals surface area contributed by atoms with Crippen molar-refractivity contribution in [1.82, 2.24) is 0 Å². The Morgan fingerprint density at radius 2 is 1.74 bits per heavy atom. The number of hydrogen-bond donors (Lipinski definition) is 1. The molecule has 5 aromatic rings. The van der Waals surface area contributed by atoms with Crippen molar-refractivity contribution in [2.45, 2.75) is 50.2 Å². The van der Waals surface area contributed by atoms with Crippen LogP contribution in [0.15, 0.2) is 94.4 Å². The Balaban J connectivity index is 1.36. The average molecular weight is 716 g/mol. The Labute approximate surface area is 293 Å². The molecule has 11 nitrogen and oxygen atoms in total. The molecule has 260 valence electrons. The molecule has 1 aliphatic heterocycles. The number of nitro benzene ring substituents is 1. The number of nitro groups is 1. The van der Waals surface area contributed by atoms with Gasteiger partial charge in [-0.25, -0.2) is 8.42 Å². The molecule has 1 aromatic heterocycles. The summed E-state index contributed by atoms with van der Waals surface area (Å²) in [5.41, 5.74) is 3.64. The van der Waals surface area contributed by atoms with Crippen LogP contribution in [0.4, 0.5) is 11.4 Å². The molecule has 0 amide bonds. The number of rotatable bonds is 12. The number of carbonyl (C=O) groups is 1. The number of benzene rings is 4. The first kappa shape index (κ1) is 35.0. The highest BCUT2D eigenvalue weighted by Gasteiger charge is 2.33. The van der Waals surface area contributed by atoms with Crippen LogP contribution in [-0.4, -0.2) is 48.1 Å². The van der Waals surface area contributed by atoms with E-state index in [4.69, 9.17) is 9.15 Å². The molecule has 0 atom stereocenters. The number of aryl methyl sites for hydroxylation is 2. The van der Waals surface area contributed by atoms with E-state index in [1.165, 1.54) is 36.6 Å². The topological polar surface area (TPSA) is 163 Å². The van der Waals surface area contributed by atoms with E-state index >= 15 is 0 Å². The lowest BCUT2D eigenvalue weighted by Crippen LogP contribution is -2.39. The number of hydrogen-bond acceptors (Lipinski definition) is 10. The average Bonchev–Trinajstić information content (AvgIpc) is 3.47. The monoisotopic (exact) mass is 715 g/mol. The number of nitrogens with zero attached hydrogens (tertiary/aromatic N) is 2. The molecule has 0 radical (unpaired) electrons. The highest BCUT2D eigenvalue weighted by Crippen LogP contribution is 2.36. The summed E-state index contributed by atoms with van der Waals surface area (Å²) >= 11 is 1.83. The van der Waals surface area contributed by atoms with Crippen molar-refractivity contribution in [2.24, 2.45) is 0 Å². The standard InChI is InChI=1S/C37H36N2O9S2/c1-24-16-30(48-23-37(42)12-14-49-15-13-37)17-25(2)36(24)27-7-5-6-26(18-27)21-38(50(45,46)34-9-4-3-8-32(34)39(43)44)29-10-11-31-28(19-35(40)41)22-47-33(31)20-29/h3-11,16-18,20,22,42H,12-15,19,21,23H2,1-2H3,(H,40,41)/p-1. The minimum absolute atomic E-state index is 0.169. The van der Waals surface area contributed by atoms with Gasteiger partial charge >= 0.3 is 0 Å². The van der Waals surface area contributed by atoms with Gasteiger partial charge in [0.2, 0.25) is 0 Å². The minimum Gasteiger partial charge on any atom is -0.550 e. The van der Waals surface area contributed by atoms with Crippen LogP contribution in [-0.2, 0) is 27.8 Å². The highest BCUT2D eigenvalue weighted by molar-refractivity contribution is 7.99. The predicted molar refractivity (Wildman–Crippen MR) is 190 cm³/mol. The van der Waals surface area contributed by atoms with Gasteiger partial charge in [0.05, 0.1) is 23.4 Å². The quantitative estimate of drug-likeness (QED) is 0.121. The molecule has 0 saturated carbocycles. The number of ether oxygens (including phenoxy) is 1. The van der Waals surface area contributed by atoms with E-state index < -0.39 is 37.1 Å². The van der Waals surface area contributed by atoms with E-state index in [0.29, 0.717) is 35.1 Å². The fourth-order valence-electron chi connectivity index (χ4n) is 6.35. The Hall–Kier alpha value is -4.85. The zero-order chi connectivity index (χ0) is 35.6. The Bertz CT molecular complexity index is 2170. The number of carboxylic acids is 1. The Morgan fingerprint density at radius 3 is 2.44 bits per heavy atom. The maximum atomic E-state index is 14.3. The number of fused-ring (bicyclic) bond motifs is 1. The fraction of sp³-hybridized carbons (Fsp3) is 0.270. The van der Waals surface area contributed by atoms with Gasteiger partial charge in [-0.15, -0.1) is 0 Å². The highest BCUT2D eigenvalue weighted by atomic mass is 32.2. The third-order valence-electron chi connectivity index (χ3n) is 8.87. The molecule has 1 N–H and O–H groups in total. The minimum atomic E-state index is -4.52. The number of para-hydroxylation sites is 1. The molecule has 2 heterocycles. The molecule has 0 spiro atoms. The normalized spacial score (nSPS) is 14.4. The summed E-state index contributed by atoms with van der Waals surface area (Å²) in [4.78, 5) is 21.9. The first-order valence-electron chi connectivity index (χ1n) is 15.9. The lowest BCUT2D eigenvalue weighted by molar-refractivity contribution is -0.387. The second-order valence-electron chi connectivity index (χ2n) is 12.5. The zero-order valence-corrected chi connectivity index (χ0v) is 29.1. The number of anilines is 1. The van der Waals surface area contributed by atoms with E-state index in [2.05, 4.69) is 0 Å². The summed E-state index contributed by atoms with van der Waals surface area (Å²) in [6.07, 6.45) is 2.27. The molecule has 13 heteroatoms. The summed E-state index contributed by atoms with van der Waals surface area (Å²) in [6.45, 7) is 3.96. The van der Waals surface area contributed by atoms with Gasteiger partial charge in [0.25, 0.3) is 15.7 Å². The van der Waals surface area contributed by atoms with Crippen LogP contribution in [0, 0.1) is 24.0 Å². The molecular formula is C37H35N2O9S2-. The number of sulfonamides is 1. The fourth-order valence-corrected chi connectivity index (χ4v) is 9.20. The van der Waals surface area contributed by atoms with Gasteiger partial charge in [-0.2, -0.15) is 11.8 Å². The van der Waals surface area contributed by atoms with Crippen LogP contribution in [0.5, 0.6) is 5.75 Å². The molecule has 50 heavy (non-hydrogen) atoms. The Kier molecular flexibility index (Phi) is 9.92. The number of thioether (sulfide) groups is 1. The largest absolute Gasteiger partial charge is 0.550 e. The smallest absolute Gasteiger partial charge is 0.289 e. The molecule has 1 saturated heterocycles. The summed E-state index contributed by atoms with van der Waals surface area (Å²) < 4.78 is 41.4.